The zero-order valence-electron chi connectivity index (χ0n) is 18.1. The van der Waals surface area contributed by atoms with Crippen molar-refractivity contribution in [3.05, 3.63) is 60.1 Å². The van der Waals surface area contributed by atoms with Gasteiger partial charge in [0.25, 0.3) is 0 Å². The molecule has 4 fully saturated rings. The minimum atomic E-state index is -0.149. The molecule has 1 aromatic rings. The first-order valence-corrected chi connectivity index (χ1v) is 10.8. The lowest BCUT2D eigenvalue weighted by molar-refractivity contribution is -0.140. The lowest BCUT2D eigenvalue weighted by Gasteiger charge is -2.55. The quantitative estimate of drug-likeness (QED) is 0.667. The second-order valence-corrected chi connectivity index (χ2v) is 8.71. The number of pyridine rings is 1. The van der Waals surface area contributed by atoms with Gasteiger partial charge in [0.1, 0.15) is 5.82 Å². The zero-order valence-corrected chi connectivity index (χ0v) is 18.1. The van der Waals surface area contributed by atoms with E-state index in [1.807, 2.05) is 6.07 Å². The van der Waals surface area contributed by atoms with Crippen molar-refractivity contribution in [2.75, 3.05) is 10.6 Å². The molecule has 2 amide bonds. The van der Waals surface area contributed by atoms with Crippen LogP contribution in [-0.4, -0.2) is 16.8 Å². The van der Waals surface area contributed by atoms with Crippen LogP contribution < -0.4 is 10.6 Å². The Labute approximate surface area is 184 Å². The van der Waals surface area contributed by atoms with Crippen LogP contribution >= 0.6 is 0 Å². The molecule has 4 bridgehead atoms. The molecule has 0 radical (unpaired) electrons. The molecule has 160 valence electrons. The minimum Gasteiger partial charge on any atom is -0.324 e. The molecule has 31 heavy (non-hydrogen) atoms. The number of amides is 2. The van der Waals surface area contributed by atoms with Gasteiger partial charge in [0.2, 0.25) is 11.8 Å². The molecule has 5 rings (SSSR count). The topological polar surface area (TPSA) is 71.1 Å². The fourth-order valence-corrected chi connectivity index (χ4v) is 5.55. The van der Waals surface area contributed by atoms with Gasteiger partial charge in [-0.05, 0) is 98.8 Å². The van der Waals surface area contributed by atoms with Crippen LogP contribution in [0.15, 0.2) is 60.1 Å². The average Bonchev–Trinajstić information content (AvgIpc) is 2.75. The maximum absolute atomic E-state index is 13.0. The van der Waals surface area contributed by atoms with Gasteiger partial charge in [-0.3, -0.25) is 9.59 Å². The average molecular weight is 416 g/mol. The molecule has 0 unspecified atom stereocenters. The van der Waals surface area contributed by atoms with E-state index < -0.39 is 0 Å². The summed E-state index contributed by atoms with van der Waals surface area (Å²) in [5, 5.41) is 5.80. The zero-order chi connectivity index (χ0) is 22.3. The first kappa shape index (κ1) is 22.4. The minimum absolute atomic E-state index is 0.0622. The predicted octanol–water partition coefficient (Wildman–Crippen LogP) is 5.16. The van der Waals surface area contributed by atoms with Crippen LogP contribution in [0.5, 0.6) is 0 Å². The molecule has 0 saturated heterocycles. The SMILES string of the molecule is C=C=C=C=C=C=C.CCC(=O)Nc1ccc(NC(=O)C23CC4CC(CC(C4)C2)C3)cn1. The molecule has 0 spiro atoms. The van der Waals surface area contributed by atoms with Gasteiger partial charge in [0.15, 0.2) is 0 Å². The highest BCUT2D eigenvalue weighted by Gasteiger charge is 2.54. The molecule has 2 N–H and O–H groups in total. The van der Waals surface area contributed by atoms with Crippen LogP contribution in [-0.2, 0) is 9.59 Å². The first-order valence-electron chi connectivity index (χ1n) is 10.8. The lowest BCUT2D eigenvalue weighted by atomic mass is 9.49. The van der Waals surface area contributed by atoms with Crippen LogP contribution in [0.25, 0.3) is 0 Å². The van der Waals surface area contributed by atoms with Crippen molar-refractivity contribution in [2.45, 2.75) is 51.9 Å². The third-order valence-corrected chi connectivity index (χ3v) is 6.43. The van der Waals surface area contributed by atoms with E-state index in [0.717, 1.165) is 37.0 Å². The Morgan fingerprint density at radius 1 is 1.00 bits per heavy atom. The molecule has 0 aromatic carbocycles. The van der Waals surface area contributed by atoms with Crippen molar-refractivity contribution in [1.82, 2.24) is 4.98 Å². The summed E-state index contributed by atoms with van der Waals surface area (Å²) in [7, 11) is 0. The smallest absolute Gasteiger partial charge is 0.230 e. The molecule has 5 nitrogen and oxygen atoms in total. The Morgan fingerprint density at radius 2 is 1.58 bits per heavy atom. The number of rotatable bonds is 4. The van der Waals surface area contributed by atoms with Gasteiger partial charge in [-0.15, -0.1) is 0 Å². The van der Waals surface area contributed by atoms with Crippen molar-refractivity contribution < 1.29 is 9.59 Å². The molecular formula is C26H29N3O2. The highest BCUT2D eigenvalue weighted by atomic mass is 16.2. The van der Waals surface area contributed by atoms with Gasteiger partial charge in [0.05, 0.1) is 17.3 Å². The third-order valence-electron chi connectivity index (χ3n) is 6.43. The van der Waals surface area contributed by atoms with Crippen molar-refractivity contribution in [3.63, 3.8) is 0 Å². The molecule has 1 heterocycles. The van der Waals surface area contributed by atoms with E-state index in [4.69, 9.17) is 0 Å². The number of hydrogen-bond donors (Lipinski definition) is 2. The highest BCUT2D eigenvalue weighted by Crippen LogP contribution is 2.60. The molecule has 0 atom stereocenters. The van der Waals surface area contributed by atoms with E-state index in [-0.39, 0.29) is 17.2 Å². The fourth-order valence-electron chi connectivity index (χ4n) is 5.55. The molecule has 4 aliphatic rings. The Hall–Kier alpha value is -3.27. The van der Waals surface area contributed by atoms with E-state index in [2.05, 4.69) is 57.4 Å². The summed E-state index contributed by atoms with van der Waals surface area (Å²) in [6.07, 6.45) is 9.23. The standard InChI is InChI=1S/C19H25N3O2.C7H4/c1-2-17(23)22-16-4-3-15(11-20-16)21-18(24)19-8-12-5-13(9-19)7-14(6-12)10-19;1-3-5-7-6-4-2/h3-4,11-14H,2,5-10H2,1H3,(H,21,24)(H,20,22,23);1-2H2. The monoisotopic (exact) mass is 415 g/mol. The van der Waals surface area contributed by atoms with E-state index in [0.29, 0.717) is 17.9 Å². The van der Waals surface area contributed by atoms with Gasteiger partial charge >= 0.3 is 0 Å². The van der Waals surface area contributed by atoms with E-state index in [9.17, 15) is 9.59 Å². The summed E-state index contributed by atoms with van der Waals surface area (Å²) in [6, 6.07) is 3.56. The number of anilines is 2. The number of nitrogens with one attached hydrogen (secondary N) is 2. The van der Waals surface area contributed by atoms with Crippen molar-refractivity contribution in [1.29, 1.82) is 0 Å². The molecule has 5 heteroatoms. The van der Waals surface area contributed by atoms with Gasteiger partial charge in [-0.25, -0.2) is 4.98 Å². The lowest BCUT2D eigenvalue weighted by Crippen LogP contribution is -2.51. The summed E-state index contributed by atoms with van der Waals surface area (Å²) in [5.74, 6) is 2.90. The Kier molecular flexibility index (Phi) is 7.35. The highest BCUT2D eigenvalue weighted by molar-refractivity contribution is 5.96. The second kappa shape index (κ2) is 10.2. The summed E-state index contributed by atoms with van der Waals surface area (Å²) in [5.41, 5.74) is 12.6. The van der Waals surface area contributed by atoms with E-state index in [1.54, 1.807) is 19.2 Å². The molecular weight excluding hydrogens is 386 g/mol. The van der Waals surface area contributed by atoms with Gasteiger partial charge in [-0.2, -0.15) is 0 Å². The van der Waals surface area contributed by atoms with Crippen molar-refractivity contribution in [2.24, 2.45) is 23.2 Å². The summed E-state index contributed by atoms with van der Waals surface area (Å²) in [6.45, 7) is 8.29. The van der Waals surface area contributed by atoms with Gasteiger partial charge < -0.3 is 10.6 Å². The fraction of sp³-hybridized carbons (Fsp3) is 0.462. The van der Waals surface area contributed by atoms with Gasteiger partial charge in [0, 0.05) is 6.42 Å². The summed E-state index contributed by atoms with van der Waals surface area (Å²) >= 11 is 0. The Balaban J connectivity index is 0.000000339. The first-order chi connectivity index (χ1) is 15.0. The van der Waals surface area contributed by atoms with Crippen molar-refractivity contribution in [3.8, 4) is 0 Å². The Morgan fingerprint density at radius 3 is 2.03 bits per heavy atom. The van der Waals surface area contributed by atoms with Crippen LogP contribution in [0.3, 0.4) is 0 Å². The number of nitrogens with zero attached hydrogens (tertiary/aromatic N) is 1. The molecule has 4 saturated carbocycles. The second-order valence-electron chi connectivity index (χ2n) is 8.71. The van der Waals surface area contributed by atoms with Crippen LogP contribution in [0.1, 0.15) is 51.9 Å². The van der Waals surface area contributed by atoms with Crippen LogP contribution in [0.4, 0.5) is 11.5 Å². The molecule has 4 aliphatic carbocycles. The predicted molar refractivity (Wildman–Crippen MR) is 121 cm³/mol. The van der Waals surface area contributed by atoms with Crippen LogP contribution in [0.2, 0.25) is 0 Å². The largest absolute Gasteiger partial charge is 0.324 e. The normalized spacial score (nSPS) is 26.5. The molecule has 0 aliphatic heterocycles. The Bertz CT molecular complexity index is 952. The summed E-state index contributed by atoms with van der Waals surface area (Å²) in [4.78, 5) is 28.6. The van der Waals surface area contributed by atoms with Crippen LogP contribution in [0, 0.1) is 23.2 Å². The van der Waals surface area contributed by atoms with E-state index in [1.165, 1.54) is 19.3 Å². The van der Waals surface area contributed by atoms with Crippen molar-refractivity contribution >= 4 is 23.3 Å². The number of aromatic nitrogens is 1. The molecule has 1 aromatic heterocycles. The number of carbonyl (C=O) groups is 2. The maximum Gasteiger partial charge on any atom is 0.230 e. The maximum atomic E-state index is 13.0. The van der Waals surface area contributed by atoms with E-state index >= 15 is 0 Å². The van der Waals surface area contributed by atoms with Gasteiger partial charge in [-0.1, -0.05) is 18.4 Å². The third kappa shape index (κ3) is 5.66. The summed E-state index contributed by atoms with van der Waals surface area (Å²) < 4.78 is 0. The number of hydrogen-bond acceptors (Lipinski definition) is 3. The number of carbonyl (C=O) groups excluding carboxylic acids is 2.